The molecule has 1 aliphatic rings. The summed E-state index contributed by atoms with van der Waals surface area (Å²) in [6, 6.07) is 15.1. The summed E-state index contributed by atoms with van der Waals surface area (Å²) >= 11 is -2.84. The summed E-state index contributed by atoms with van der Waals surface area (Å²) in [7, 11) is 3.49. The number of benzene rings is 2. The Hall–Kier alpha value is -1.38. The Morgan fingerprint density at radius 1 is 0.885 bits per heavy atom. The molecule has 2 atom stereocenters. The Morgan fingerprint density at radius 2 is 1.50 bits per heavy atom. The Balaban J connectivity index is 1.84. The van der Waals surface area contributed by atoms with Gasteiger partial charge in [0.25, 0.3) is 0 Å². The van der Waals surface area contributed by atoms with E-state index in [-0.39, 0.29) is 0 Å². The minimum Gasteiger partial charge on any atom is -0.593 e. The van der Waals surface area contributed by atoms with Crippen LogP contribution in [0.25, 0.3) is 0 Å². The summed E-state index contributed by atoms with van der Waals surface area (Å²) in [5.74, 6) is 0. The molecule has 2 unspecified atom stereocenters. The van der Waals surface area contributed by atoms with Gasteiger partial charge in [-0.15, -0.1) is 4.31 Å². The molecule has 26 heavy (non-hydrogen) atoms. The van der Waals surface area contributed by atoms with Crippen LogP contribution >= 0.6 is 0 Å². The van der Waals surface area contributed by atoms with Crippen molar-refractivity contribution in [1.82, 2.24) is 4.31 Å². The molecular weight excluding hydrogens is 366 g/mol. The van der Waals surface area contributed by atoms with Gasteiger partial charge in [-0.2, -0.15) is 0 Å². The van der Waals surface area contributed by atoms with Gasteiger partial charge in [0.1, 0.15) is 17.0 Å². The van der Waals surface area contributed by atoms with Crippen LogP contribution < -0.4 is 9.62 Å². The first-order valence-corrected chi connectivity index (χ1v) is 11.0. The van der Waals surface area contributed by atoms with E-state index < -0.39 is 22.7 Å². The van der Waals surface area contributed by atoms with E-state index in [2.05, 4.69) is 15.7 Å². The molecule has 0 bridgehead atoms. The highest BCUT2D eigenvalue weighted by Gasteiger charge is 2.28. The number of piperidine rings is 1. The van der Waals surface area contributed by atoms with Crippen LogP contribution in [0.1, 0.15) is 19.3 Å². The van der Waals surface area contributed by atoms with Gasteiger partial charge in [0.15, 0.2) is 0 Å². The lowest BCUT2D eigenvalue weighted by molar-refractivity contribution is 0.516. The Morgan fingerprint density at radius 3 is 2.19 bits per heavy atom. The maximum atomic E-state index is 13.0. The number of para-hydroxylation sites is 2. The predicted octanol–water partition coefficient (Wildman–Crippen LogP) is 3.40. The molecule has 140 valence electrons. The summed E-state index contributed by atoms with van der Waals surface area (Å²) in [6.07, 6.45) is 3.63. The third-order valence-electron chi connectivity index (χ3n) is 4.37. The second-order valence-electron chi connectivity index (χ2n) is 6.44. The maximum absolute atomic E-state index is 13.0. The number of nitrogens with zero attached hydrogens (tertiary/aromatic N) is 2. The van der Waals surface area contributed by atoms with Crippen LogP contribution in [0.2, 0.25) is 0 Å². The number of anilines is 2. The van der Waals surface area contributed by atoms with Gasteiger partial charge in [-0.3, -0.25) is 0 Å². The number of nitrogens with one attached hydrogen (secondary N) is 1. The van der Waals surface area contributed by atoms with Crippen molar-refractivity contribution in [2.24, 2.45) is 0 Å². The first-order chi connectivity index (χ1) is 12.6. The summed E-state index contributed by atoms with van der Waals surface area (Å²) in [4.78, 5) is 3.46. The second kappa shape index (κ2) is 9.01. The number of hydrogen-bond donors (Lipinski definition) is 1. The standard InChI is InChI=1S/C19H25N3O2S2/c1-21(2)26(24)19-13-7-6-12-18(19)25(23)20-16-10-4-5-11-17(16)22-14-8-3-9-15-22/h4-7,10-13,20H,3,8-9,14-15H2,1-2H3. The van der Waals surface area contributed by atoms with E-state index in [4.69, 9.17) is 0 Å². The molecule has 0 saturated carbocycles. The van der Waals surface area contributed by atoms with E-state index in [0.717, 1.165) is 24.5 Å². The van der Waals surface area contributed by atoms with Gasteiger partial charge < -0.3 is 14.0 Å². The molecule has 0 aliphatic carbocycles. The molecule has 3 rings (SSSR count). The zero-order valence-corrected chi connectivity index (χ0v) is 16.8. The van der Waals surface area contributed by atoms with Gasteiger partial charge in [-0.05, 0) is 31.4 Å². The van der Waals surface area contributed by atoms with E-state index in [9.17, 15) is 9.11 Å². The SMILES string of the molecule is CN(C)[S+]([O-])c1ccccc1[S+]([O-])Nc1ccccc1N1CCCCC1. The summed E-state index contributed by atoms with van der Waals surface area (Å²) in [5, 5.41) is 0. The van der Waals surface area contributed by atoms with Crippen LogP contribution in [0.3, 0.4) is 0 Å². The minimum atomic E-state index is -1.49. The molecule has 1 saturated heterocycles. The highest BCUT2D eigenvalue weighted by molar-refractivity contribution is 7.94. The minimum absolute atomic E-state index is 0.549. The lowest BCUT2D eigenvalue weighted by atomic mass is 10.1. The van der Waals surface area contributed by atoms with Crippen molar-refractivity contribution in [3.63, 3.8) is 0 Å². The van der Waals surface area contributed by atoms with E-state index in [1.165, 1.54) is 19.3 Å². The van der Waals surface area contributed by atoms with Crippen molar-refractivity contribution in [2.75, 3.05) is 36.8 Å². The number of rotatable bonds is 6. The van der Waals surface area contributed by atoms with Crippen LogP contribution in [-0.4, -0.2) is 40.6 Å². The molecule has 0 spiro atoms. The van der Waals surface area contributed by atoms with Crippen molar-refractivity contribution in [2.45, 2.75) is 29.1 Å². The molecule has 7 heteroatoms. The van der Waals surface area contributed by atoms with Crippen LogP contribution in [-0.2, 0) is 22.7 Å². The molecule has 1 fully saturated rings. The van der Waals surface area contributed by atoms with Gasteiger partial charge in [-0.25, -0.2) is 4.72 Å². The van der Waals surface area contributed by atoms with E-state index >= 15 is 0 Å². The van der Waals surface area contributed by atoms with Crippen molar-refractivity contribution < 1.29 is 9.11 Å². The van der Waals surface area contributed by atoms with E-state index in [1.54, 1.807) is 30.5 Å². The molecule has 1 aliphatic heterocycles. The van der Waals surface area contributed by atoms with Crippen molar-refractivity contribution in [3.05, 3.63) is 48.5 Å². The summed E-state index contributed by atoms with van der Waals surface area (Å²) < 4.78 is 30.3. The fraction of sp³-hybridized carbons (Fsp3) is 0.368. The topological polar surface area (TPSA) is 64.6 Å². The Kier molecular flexibility index (Phi) is 6.72. The number of hydrogen-bond acceptors (Lipinski definition) is 5. The van der Waals surface area contributed by atoms with Crippen LogP contribution in [0.5, 0.6) is 0 Å². The average Bonchev–Trinajstić information content (AvgIpc) is 2.68. The van der Waals surface area contributed by atoms with Crippen molar-refractivity contribution in [1.29, 1.82) is 0 Å². The fourth-order valence-corrected chi connectivity index (χ4v) is 5.27. The summed E-state index contributed by atoms with van der Waals surface area (Å²) in [6.45, 7) is 2.04. The quantitative estimate of drug-likeness (QED) is 0.765. The zero-order chi connectivity index (χ0) is 18.5. The smallest absolute Gasteiger partial charge is 0.236 e. The van der Waals surface area contributed by atoms with Gasteiger partial charge in [0, 0.05) is 39.3 Å². The third-order valence-corrected chi connectivity index (χ3v) is 7.06. The molecule has 5 nitrogen and oxygen atoms in total. The van der Waals surface area contributed by atoms with Crippen molar-refractivity contribution >= 4 is 34.1 Å². The Bertz CT molecular complexity index is 723. The second-order valence-corrected chi connectivity index (χ2v) is 9.29. The lowest BCUT2D eigenvalue weighted by Gasteiger charge is -2.30. The van der Waals surface area contributed by atoms with E-state index in [1.807, 2.05) is 30.3 Å². The van der Waals surface area contributed by atoms with Gasteiger partial charge in [0.05, 0.1) is 17.0 Å². The first kappa shape index (κ1) is 19.4. The highest BCUT2D eigenvalue weighted by atomic mass is 32.2. The normalized spacial score (nSPS) is 17.2. The van der Waals surface area contributed by atoms with E-state index in [0.29, 0.717) is 9.79 Å². The molecule has 2 aromatic rings. The van der Waals surface area contributed by atoms with Gasteiger partial charge in [0.2, 0.25) is 9.79 Å². The Labute approximate surface area is 162 Å². The monoisotopic (exact) mass is 391 g/mol. The molecule has 1 heterocycles. The zero-order valence-electron chi connectivity index (χ0n) is 15.2. The molecule has 0 aromatic heterocycles. The largest absolute Gasteiger partial charge is 0.593 e. The summed E-state index contributed by atoms with van der Waals surface area (Å²) in [5.41, 5.74) is 1.92. The van der Waals surface area contributed by atoms with Gasteiger partial charge in [-0.1, -0.05) is 24.3 Å². The lowest BCUT2D eigenvalue weighted by Crippen LogP contribution is -2.30. The van der Waals surface area contributed by atoms with Crippen LogP contribution in [0, 0.1) is 0 Å². The molecular formula is C19H25N3O2S2. The fourth-order valence-electron chi connectivity index (χ4n) is 3.07. The predicted molar refractivity (Wildman–Crippen MR) is 109 cm³/mol. The molecule has 2 aromatic carbocycles. The third kappa shape index (κ3) is 4.47. The molecule has 0 radical (unpaired) electrons. The maximum Gasteiger partial charge on any atom is 0.236 e. The van der Waals surface area contributed by atoms with Crippen molar-refractivity contribution in [3.8, 4) is 0 Å². The van der Waals surface area contributed by atoms with Crippen LogP contribution in [0.15, 0.2) is 58.3 Å². The van der Waals surface area contributed by atoms with Gasteiger partial charge >= 0.3 is 0 Å². The molecule has 0 amide bonds. The molecule has 1 N–H and O–H groups in total. The highest BCUT2D eigenvalue weighted by Crippen LogP contribution is 2.31. The average molecular weight is 392 g/mol. The first-order valence-electron chi connectivity index (χ1n) is 8.78. The van der Waals surface area contributed by atoms with Crippen LogP contribution in [0.4, 0.5) is 11.4 Å².